The van der Waals surface area contributed by atoms with E-state index in [4.69, 9.17) is 46.4 Å². The van der Waals surface area contributed by atoms with Crippen LogP contribution in [0.15, 0.2) is 36.4 Å². The summed E-state index contributed by atoms with van der Waals surface area (Å²) in [5.74, 6) is 1.67. The monoisotopic (exact) mass is 558 g/mol. The molecule has 0 bridgehead atoms. The normalized spacial score (nSPS) is 18.0. The molecule has 32 heavy (non-hydrogen) atoms. The maximum atomic E-state index is 6.25. The summed E-state index contributed by atoms with van der Waals surface area (Å²) < 4.78 is 0. The van der Waals surface area contributed by atoms with Gasteiger partial charge < -0.3 is 10.6 Å². The maximum Gasteiger partial charge on any atom is 0.0637 e. The first-order valence-electron chi connectivity index (χ1n) is 10.8. The van der Waals surface area contributed by atoms with Crippen molar-refractivity contribution in [1.82, 2.24) is 10.6 Å². The molecular weight excluding hydrogens is 529 g/mol. The minimum absolute atomic E-state index is 0. The SMILES string of the molecule is Cl.Cl.Clc1cccc(CNCC[C@H]2CC[C@H](CCNCc3cccc(Cl)c3Cl)CC2)c1Cl. The van der Waals surface area contributed by atoms with E-state index in [2.05, 4.69) is 10.6 Å². The largest absolute Gasteiger partial charge is 0.313 e. The molecule has 1 aliphatic carbocycles. The van der Waals surface area contributed by atoms with Gasteiger partial charge in [-0.2, -0.15) is 0 Å². The summed E-state index contributed by atoms with van der Waals surface area (Å²) in [7, 11) is 0. The predicted molar refractivity (Wildman–Crippen MR) is 146 cm³/mol. The first-order valence-corrected chi connectivity index (χ1v) is 12.3. The van der Waals surface area contributed by atoms with Crippen molar-refractivity contribution < 1.29 is 0 Å². The molecular formula is C24H32Cl6N2. The van der Waals surface area contributed by atoms with Crippen LogP contribution in [0.25, 0.3) is 0 Å². The fraction of sp³-hybridized carbons (Fsp3) is 0.500. The van der Waals surface area contributed by atoms with Gasteiger partial charge in [-0.25, -0.2) is 0 Å². The van der Waals surface area contributed by atoms with Crippen LogP contribution >= 0.6 is 71.2 Å². The molecule has 1 saturated carbocycles. The fourth-order valence-corrected chi connectivity index (χ4v) is 5.01. The summed E-state index contributed by atoms with van der Waals surface area (Å²) in [6, 6.07) is 11.6. The minimum Gasteiger partial charge on any atom is -0.313 e. The first kappa shape index (κ1) is 30.1. The van der Waals surface area contributed by atoms with E-state index >= 15 is 0 Å². The summed E-state index contributed by atoms with van der Waals surface area (Å²) >= 11 is 24.7. The van der Waals surface area contributed by atoms with Crippen molar-refractivity contribution in [1.29, 1.82) is 0 Å². The standard InChI is InChI=1S/C24H30Cl4N2.2ClH/c25-21-5-1-3-19(23(21)27)15-29-13-11-17-7-9-18(10-8-17)12-14-30-16-20-4-2-6-22(26)24(20)28;;/h1-6,17-18,29-30H,7-16H2;2*1H/t17-,18-;;. The summed E-state index contributed by atoms with van der Waals surface area (Å²) in [5.41, 5.74) is 2.14. The Kier molecular flexibility index (Phi) is 15.0. The quantitative estimate of drug-likeness (QED) is 0.284. The Labute approximate surface area is 224 Å². The van der Waals surface area contributed by atoms with Gasteiger partial charge in [0.25, 0.3) is 0 Å². The third kappa shape index (κ3) is 9.39. The lowest BCUT2D eigenvalue weighted by Crippen LogP contribution is -2.23. The molecule has 2 aromatic carbocycles. The third-order valence-electron chi connectivity index (χ3n) is 6.12. The van der Waals surface area contributed by atoms with Gasteiger partial charge >= 0.3 is 0 Å². The average Bonchev–Trinajstić information content (AvgIpc) is 2.75. The second-order valence-electron chi connectivity index (χ2n) is 8.24. The van der Waals surface area contributed by atoms with Crippen LogP contribution in [0.5, 0.6) is 0 Å². The first-order chi connectivity index (χ1) is 14.5. The topological polar surface area (TPSA) is 24.1 Å². The zero-order valence-electron chi connectivity index (χ0n) is 18.0. The van der Waals surface area contributed by atoms with Crippen molar-refractivity contribution >= 4 is 71.2 Å². The molecule has 0 atom stereocenters. The number of halogens is 6. The van der Waals surface area contributed by atoms with Crippen LogP contribution in [0.1, 0.15) is 49.7 Å². The number of rotatable bonds is 10. The average molecular weight is 561 g/mol. The third-order valence-corrected chi connectivity index (χ3v) is 7.84. The van der Waals surface area contributed by atoms with E-state index in [0.717, 1.165) is 49.1 Å². The van der Waals surface area contributed by atoms with Gasteiger partial charge in [-0.15, -0.1) is 24.8 Å². The van der Waals surface area contributed by atoms with Crippen LogP contribution in [0.2, 0.25) is 20.1 Å². The summed E-state index contributed by atoms with van der Waals surface area (Å²) in [5, 5.41) is 9.62. The van der Waals surface area contributed by atoms with Crippen molar-refractivity contribution in [2.75, 3.05) is 13.1 Å². The van der Waals surface area contributed by atoms with Crippen LogP contribution in [0.3, 0.4) is 0 Å². The fourth-order valence-electron chi connectivity index (χ4n) is 4.24. The molecule has 0 spiro atoms. The second kappa shape index (κ2) is 15.9. The van der Waals surface area contributed by atoms with Gasteiger partial charge in [-0.05, 0) is 61.0 Å². The molecule has 0 heterocycles. The molecule has 0 radical (unpaired) electrons. The van der Waals surface area contributed by atoms with Crippen LogP contribution in [-0.4, -0.2) is 13.1 Å². The molecule has 180 valence electrons. The molecule has 8 heteroatoms. The van der Waals surface area contributed by atoms with E-state index in [9.17, 15) is 0 Å². The summed E-state index contributed by atoms with van der Waals surface area (Å²) in [6.45, 7) is 3.61. The number of hydrogen-bond donors (Lipinski definition) is 2. The lowest BCUT2D eigenvalue weighted by Gasteiger charge is -2.28. The van der Waals surface area contributed by atoms with Crippen LogP contribution < -0.4 is 10.6 Å². The highest BCUT2D eigenvalue weighted by molar-refractivity contribution is 6.42. The van der Waals surface area contributed by atoms with E-state index in [0.29, 0.717) is 20.1 Å². The minimum atomic E-state index is 0. The highest BCUT2D eigenvalue weighted by Crippen LogP contribution is 2.32. The van der Waals surface area contributed by atoms with Gasteiger partial charge in [-0.3, -0.25) is 0 Å². The molecule has 2 aromatic rings. The van der Waals surface area contributed by atoms with Crippen LogP contribution in [0.4, 0.5) is 0 Å². The van der Waals surface area contributed by atoms with Crippen molar-refractivity contribution in [2.24, 2.45) is 11.8 Å². The van der Waals surface area contributed by atoms with E-state index in [1.807, 2.05) is 36.4 Å². The number of nitrogens with one attached hydrogen (secondary N) is 2. The molecule has 2 nitrogen and oxygen atoms in total. The van der Waals surface area contributed by atoms with Gasteiger partial charge in [0, 0.05) is 13.1 Å². The van der Waals surface area contributed by atoms with Crippen molar-refractivity contribution in [2.45, 2.75) is 51.6 Å². The Morgan fingerprint density at radius 2 is 1.00 bits per heavy atom. The Morgan fingerprint density at radius 3 is 1.38 bits per heavy atom. The molecule has 2 N–H and O–H groups in total. The highest BCUT2D eigenvalue weighted by Gasteiger charge is 2.20. The van der Waals surface area contributed by atoms with E-state index in [-0.39, 0.29) is 24.8 Å². The van der Waals surface area contributed by atoms with Gasteiger partial charge in [0.05, 0.1) is 20.1 Å². The molecule has 0 amide bonds. The van der Waals surface area contributed by atoms with Gasteiger partial charge in [-0.1, -0.05) is 96.4 Å². The Morgan fingerprint density at radius 1 is 0.625 bits per heavy atom. The van der Waals surface area contributed by atoms with Gasteiger partial charge in [0.2, 0.25) is 0 Å². The molecule has 0 unspecified atom stereocenters. The Hall–Kier alpha value is 0.1000. The lowest BCUT2D eigenvalue weighted by atomic mass is 9.79. The molecule has 3 rings (SSSR count). The maximum absolute atomic E-state index is 6.25. The van der Waals surface area contributed by atoms with Crippen LogP contribution in [0, 0.1) is 11.8 Å². The zero-order chi connectivity index (χ0) is 21.3. The summed E-state index contributed by atoms with van der Waals surface area (Å²) in [4.78, 5) is 0. The van der Waals surface area contributed by atoms with Crippen LogP contribution in [-0.2, 0) is 13.1 Å². The smallest absolute Gasteiger partial charge is 0.0637 e. The predicted octanol–water partition coefficient (Wildman–Crippen LogP) is 8.61. The summed E-state index contributed by atoms with van der Waals surface area (Å²) in [6.07, 6.45) is 7.82. The molecule has 0 aliphatic heterocycles. The molecule has 0 aromatic heterocycles. The highest BCUT2D eigenvalue weighted by atomic mass is 35.5. The van der Waals surface area contributed by atoms with Crippen molar-refractivity contribution in [3.63, 3.8) is 0 Å². The van der Waals surface area contributed by atoms with Gasteiger partial charge in [0.1, 0.15) is 0 Å². The van der Waals surface area contributed by atoms with E-state index < -0.39 is 0 Å². The Bertz CT molecular complexity index is 742. The molecule has 1 aliphatic rings. The number of benzene rings is 2. The van der Waals surface area contributed by atoms with Crippen molar-refractivity contribution in [3.05, 3.63) is 67.6 Å². The lowest BCUT2D eigenvalue weighted by molar-refractivity contribution is 0.250. The number of hydrogen-bond acceptors (Lipinski definition) is 2. The zero-order valence-corrected chi connectivity index (χ0v) is 22.7. The second-order valence-corrected chi connectivity index (χ2v) is 9.81. The van der Waals surface area contributed by atoms with Gasteiger partial charge in [0.15, 0.2) is 0 Å². The van der Waals surface area contributed by atoms with Crippen molar-refractivity contribution in [3.8, 4) is 0 Å². The molecule has 1 fully saturated rings. The van der Waals surface area contributed by atoms with E-state index in [1.54, 1.807) is 0 Å². The Balaban J connectivity index is 0.00000256. The molecule has 0 saturated heterocycles. The van der Waals surface area contributed by atoms with E-state index in [1.165, 1.54) is 38.5 Å².